The van der Waals surface area contributed by atoms with Crippen LogP contribution in [0, 0.1) is 13.8 Å². The number of aryl methyl sites for hydroxylation is 2. The van der Waals surface area contributed by atoms with Crippen LogP contribution < -0.4 is 4.90 Å². The van der Waals surface area contributed by atoms with E-state index < -0.39 is 18.1 Å². The molecule has 166 valence electrons. The zero-order chi connectivity index (χ0) is 23.1. The van der Waals surface area contributed by atoms with E-state index in [0.717, 1.165) is 27.8 Å². The van der Waals surface area contributed by atoms with Crippen molar-refractivity contribution in [3.8, 4) is 11.1 Å². The van der Waals surface area contributed by atoms with Crippen LogP contribution in [0.4, 0.5) is 10.5 Å². The lowest BCUT2D eigenvalue weighted by Gasteiger charge is -2.29. The van der Waals surface area contributed by atoms with Crippen LogP contribution in [0.3, 0.4) is 0 Å². The zero-order valence-electron chi connectivity index (χ0n) is 19.0. The Bertz CT molecular complexity index is 1060. The minimum atomic E-state index is -0.856. The number of esters is 1. The highest BCUT2D eigenvalue weighted by atomic mass is 16.6. The minimum absolute atomic E-state index is 0.109. The molecular weight excluding hydrogens is 402 g/mol. The number of hydrogen-bond donors (Lipinski definition) is 0. The molecule has 0 unspecified atom stereocenters. The molecule has 3 aromatic rings. The Morgan fingerprint density at radius 2 is 1.50 bits per heavy atom. The van der Waals surface area contributed by atoms with Gasteiger partial charge in [0.15, 0.2) is 0 Å². The minimum Gasteiger partial charge on any atom is -0.464 e. The van der Waals surface area contributed by atoms with Gasteiger partial charge in [-0.05, 0) is 44.9 Å². The summed E-state index contributed by atoms with van der Waals surface area (Å²) in [7, 11) is 0. The van der Waals surface area contributed by atoms with Gasteiger partial charge in [-0.1, -0.05) is 77.9 Å². The smallest absolute Gasteiger partial charge is 0.415 e. The molecule has 0 aliphatic heterocycles. The molecule has 3 rings (SSSR count). The standard InChI is InChI=1S/C27H29NO4/c1-5-31-26(29)21(4)28(27(30)32-18-22-11-7-6-8-12-22)25-14-10-9-13-24(25)23-16-19(2)15-20(3)17-23/h6-17,21H,5,18H2,1-4H3/t21-/m0/s1. The normalized spacial score (nSPS) is 11.5. The van der Waals surface area contributed by atoms with Crippen LogP contribution in [0.5, 0.6) is 0 Å². The highest BCUT2D eigenvalue weighted by molar-refractivity contribution is 5.99. The molecule has 0 N–H and O–H groups in total. The number of ether oxygens (including phenoxy) is 2. The van der Waals surface area contributed by atoms with E-state index in [-0.39, 0.29) is 13.2 Å². The maximum atomic E-state index is 13.3. The first kappa shape index (κ1) is 23.1. The number of rotatable bonds is 7. The first-order valence-electron chi connectivity index (χ1n) is 10.7. The van der Waals surface area contributed by atoms with Crippen molar-refractivity contribution in [2.24, 2.45) is 0 Å². The number of carbonyl (C=O) groups excluding carboxylic acids is 2. The molecule has 0 saturated carbocycles. The van der Waals surface area contributed by atoms with Crippen LogP contribution in [0.2, 0.25) is 0 Å². The SMILES string of the molecule is CCOC(=O)[C@H](C)N(C(=O)OCc1ccccc1)c1ccccc1-c1cc(C)cc(C)c1. The van der Waals surface area contributed by atoms with Crippen molar-refractivity contribution in [1.29, 1.82) is 0 Å². The molecule has 0 saturated heterocycles. The van der Waals surface area contributed by atoms with E-state index in [9.17, 15) is 9.59 Å². The van der Waals surface area contributed by atoms with Crippen molar-refractivity contribution in [3.05, 3.63) is 89.5 Å². The van der Waals surface area contributed by atoms with E-state index in [1.165, 1.54) is 4.90 Å². The van der Waals surface area contributed by atoms with Gasteiger partial charge in [0, 0.05) is 5.56 Å². The van der Waals surface area contributed by atoms with Gasteiger partial charge in [0.05, 0.1) is 12.3 Å². The third-order valence-corrected chi connectivity index (χ3v) is 5.11. The van der Waals surface area contributed by atoms with Gasteiger partial charge in [0.1, 0.15) is 12.6 Å². The third kappa shape index (κ3) is 5.55. The summed E-state index contributed by atoms with van der Waals surface area (Å²) in [4.78, 5) is 27.3. The number of carbonyl (C=O) groups is 2. The molecule has 0 spiro atoms. The molecular formula is C27H29NO4. The Hall–Kier alpha value is -3.60. The monoisotopic (exact) mass is 431 g/mol. The van der Waals surface area contributed by atoms with Crippen LogP contribution in [0.15, 0.2) is 72.8 Å². The number of anilines is 1. The largest absolute Gasteiger partial charge is 0.464 e. The van der Waals surface area contributed by atoms with Crippen molar-refractivity contribution < 1.29 is 19.1 Å². The summed E-state index contributed by atoms with van der Waals surface area (Å²) in [5.74, 6) is -0.487. The first-order valence-corrected chi connectivity index (χ1v) is 10.7. The predicted octanol–water partition coefficient (Wildman–Crippen LogP) is 6.07. The molecule has 1 amide bonds. The van der Waals surface area contributed by atoms with Crippen LogP contribution in [-0.4, -0.2) is 24.7 Å². The number of benzene rings is 3. The summed E-state index contributed by atoms with van der Waals surface area (Å²) in [6.45, 7) is 7.80. The van der Waals surface area contributed by atoms with Crippen molar-refractivity contribution in [1.82, 2.24) is 0 Å². The maximum absolute atomic E-state index is 13.3. The second-order valence-corrected chi connectivity index (χ2v) is 7.73. The summed E-state index contributed by atoms with van der Waals surface area (Å²) >= 11 is 0. The van der Waals surface area contributed by atoms with Gasteiger partial charge in [0.2, 0.25) is 0 Å². The fourth-order valence-corrected chi connectivity index (χ4v) is 3.68. The lowest BCUT2D eigenvalue weighted by atomic mass is 9.98. The average Bonchev–Trinajstić information content (AvgIpc) is 2.78. The summed E-state index contributed by atoms with van der Waals surface area (Å²) in [5, 5.41) is 0. The highest BCUT2D eigenvalue weighted by Crippen LogP contribution is 2.34. The second-order valence-electron chi connectivity index (χ2n) is 7.73. The fraction of sp³-hybridized carbons (Fsp3) is 0.259. The molecule has 3 aromatic carbocycles. The van der Waals surface area contributed by atoms with Gasteiger partial charge in [-0.2, -0.15) is 0 Å². The quantitative estimate of drug-likeness (QED) is 0.426. The van der Waals surface area contributed by atoms with E-state index in [1.54, 1.807) is 13.8 Å². The third-order valence-electron chi connectivity index (χ3n) is 5.11. The van der Waals surface area contributed by atoms with Crippen LogP contribution >= 0.6 is 0 Å². The zero-order valence-corrected chi connectivity index (χ0v) is 19.0. The number of para-hydroxylation sites is 1. The topological polar surface area (TPSA) is 55.8 Å². The first-order chi connectivity index (χ1) is 15.4. The van der Waals surface area contributed by atoms with Crippen molar-refractivity contribution in [2.75, 3.05) is 11.5 Å². The summed E-state index contributed by atoms with van der Waals surface area (Å²) in [6, 6.07) is 22.3. The molecule has 0 bridgehead atoms. The molecule has 0 heterocycles. The van der Waals surface area contributed by atoms with Gasteiger partial charge >= 0.3 is 12.1 Å². The summed E-state index contributed by atoms with van der Waals surface area (Å²) in [5.41, 5.74) is 5.50. The van der Waals surface area contributed by atoms with Gasteiger partial charge < -0.3 is 9.47 Å². The molecule has 0 aliphatic rings. The second kappa shape index (κ2) is 10.6. The maximum Gasteiger partial charge on any atom is 0.415 e. The van der Waals surface area contributed by atoms with Gasteiger partial charge in [-0.3, -0.25) is 4.90 Å². The van der Waals surface area contributed by atoms with Gasteiger partial charge in [-0.25, -0.2) is 9.59 Å². The molecule has 0 radical (unpaired) electrons. The average molecular weight is 432 g/mol. The molecule has 0 aromatic heterocycles. The Morgan fingerprint density at radius 3 is 2.16 bits per heavy atom. The van der Waals surface area contributed by atoms with Crippen LogP contribution in [0.25, 0.3) is 11.1 Å². The summed E-state index contributed by atoms with van der Waals surface area (Å²) in [6.07, 6.45) is -0.605. The summed E-state index contributed by atoms with van der Waals surface area (Å²) < 4.78 is 10.8. The number of hydrogen-bond acceptors (Lipinski definition) is 4. The fourth-order valence-electron chi connectivity index (χ4n) is 3.68. The molecule has 5 nitrogen and oxygen atoms in total. The lowest BCUT2D eigenvalue weighted by molar-refractivity contribution is -0.144. The van der Waals surface area contributed by atoms with Gasteiger partial charge in [-0.15, -0.1) is 0 Å². The van der Waals surface area contributed by atoms with E-state index in [2.05, 4.69) is 18.2 Å². The van der Waals surface area contributed by atoms with E-state index >= 15 is 0 Å². The van der Waals surface area contributed by atoms with E-state index in [4.69, 9.17) is 9.47 Å². The van der Waals surface area contributed by atoms with Crippen LogP contribution in [-0.2, 0) is 20.9 Å². The predicted molar refractivity (Wildman–Crippen MR) is 127 cm³/mol. The Balaban J connectivity index is 2.01. The molecule has 1 atom stereocenters. The Labute approximate surface area is 189 Å². The highest BCUT2D eigenvalue weighted by Gasteiger charge is 2.31. The van der Waals surface area contributed by atoms with Crippen molar-refractivity contribution in [2.45, 2.75) is 40.3 Å². The van der Waals surface area contributed by atoms with Crippen molar-refractivity contribution in [3.63, 3.8) is 0 Å². The molecule has 32 heavy (non-hydrogen) atoms. The molecule has 5 heteroatoms. The van der Waals surface area contributed by atoms with Crippen molar-refractivity contribution >= 4 is 17.7 Å². The van der Waals surface area contributed by atoms with Crippen LogP contribution in [0.1, 0.15) is 30.5 Å². The number of nitrogens with zero attached hydrogens (tertiary/aromatic N) is 1. The Kier molecular flexibility index (Phi) is 7.66. The van der Waals surface area contributed by atoms with E-state index in [1.807, 2.05) is 68.4 Å². The lowest BCUT2D eigenvalue weighted by Crippen LogP contribution is -2.45. The Morgan fingerprint density at radius 1 is 0.875 bits per heavy atom. The van der Waals surface area contributed by atoms with E-state index in [0.29, 0.717) is 5.69 Å². The van der Waals surface area contributed by atoms with Gasteiger partial charge in [0.25, 0.3) is 0 Å². The molecule has 0 aliphatic carbocycles. The molecule has 0 fully saturated rings. The number of amides is 1.